The van der Waals surface area contributed by atoms with E-state index in [0.717, 1.165) is 17.1 Å². The second-order valence-corrected chi connectivity index (χ2v) is 4.27. The van der Waals surface area contributed by atoms with Crippen LogP contribution in [0.1, 0.15) is 17.1 Å². The van der Waals surface area contributed by atoms with Gasteiger partial charge in [-0.05, 0) is 44.2 Å². The molecule has 0 bridgehead atoms. The number of hydrazone groups is 1. The lowest BCUT2D eigenvalue weighted by molar-refractivity contribution is -0.121. The predicted molar refractivity (Wildman–Crippen MR) is 76.1 cm³/mol. The van der Waals surface area contributed by atoms with Crippen LogP contribution >= 0.6 is 0 Å². The van der Waals surface area contributed by atoms with Crippen LogP contribution in [0.5, 0.6) is 0 Å². The molecule has 0 atom stereocenters. The fourth-order valence-corrected chi connectivity index (χ4v) is 1.68. The molecule has 104 valence electrons. The van der Waals surface area contributed by atoms with E-state index in [2.05, 4.69) is 15.6 Å². The van der Waals surface area contributed by atoms with Crippen molar-refractivity contribution in [3.63, 3.8) is 0 Å². The average molecular weight is 272 g/mol. The maximum atomic E-state index is 11.6. The van der Waals surface area contributed by atoms with Crippen molar-refractivity contribution in [1.82, 2.24) is 15.2 Å². The van der Waals surface area contributed by atoms with Crippen LogP contribution in [0.15, 0.2) is 40.1 Å². The van der Waals surface area contributed by atoms with Gasteiger partial charge in [0.1, 0.15) is 12.3 Å². The van der Waals surface area contributed by atoms with Gasteiger partial charge < -0.3 is 4.42 Å². The molecule has 2 aromatic rings. The van der Waals surface area contributed by atoms with Crippen molar-refractivity contribution in [1.29, 1.82) is 0 Å². The van der Waals surface area contributed by atoms with E-state index in [4.69, 9.17) is 4.42 Å². The highest BCUT2D eigenvalue weighted by Crippen LogP contribution is 2.01. The quantitative estimate of drug-likeness (QED) is 0.667. The Morgan fingerprint density at radius 3 is 3.05 bits per heavy atom. The Bertz CT molecular complexity index is 624. The maximum Gasteiger partial charge on any atom is 0.261 e. The zero-order valence-corrected chi connectivity index (χ0v) is 11.4. The largest absolute Gasteiger partial charge is 0.465 e. The van der Waals surface area contributed by atoms with Gasteiger partial charge in [-0.3, -0.25) is 9.48 Å². The summed E-state index contributed by atoms with van der Waals surface area (Å²) in [7, 11) is 0. The molecule has 2 aromatic heterocycles. The molecule has 0 fully saturated rings. The number of nitrogens with one attached hydrogen (secondary N) is 1. The highest BCUT2D eigenvalue weighted by molar-refractivity contribution is 5.80. The standard InChI is InChI=1S/C14H16N4O2/c1-11-9-12(2)18(17-11)10-14(19)16-15-7-3-5-13-6-4-8-20-13/h3-9H,10H2,1-2H3,(H,16,19)/b5-3+,15-7+. The summed E-state index contributed by atoms with van der Waals surface area (Å²) in [6.45, 7) is 3.94. The molecule has 6 nitrogen and oxygen atoms in total. The minimum absolute atomic E-state index is 0.152. The smallest absolute Gasteiger partial charge is 0.261 e. The Morgan fingerprint density at radius 1 is 1.55 bits per heavy atom. The molecule has 20 heavy (non-hydrogen) atoms. The third kappa shape index (κ3) is 3.94. The van der Waals surface area contributed by atoms with E-state index in [9.17, 15) is 4.79 Å². The Balaban J connectivity index is 1.79. The monoisotopic (exact) mass is 272 g/mol. The number of amides is 1. The summed E-state index contributed by atoms with van der Waals surface area (Å²) in [4.78, 5) is 11.6. The average Bonchev–Trinajstić information content (AvgIpc) is 3.00. The summed E-state index contributed by atoms with van der Waals surface area (Å²) in [5.41, 5.74) is 4.27. The lowest BCUT2D eigenvalue weighted by Gasteiger charge is -2.02. The molecule has 0 spiro atoms. The van der Waals surface area contributed by atoms with Crippen LogP contribution in [0, 0.1) is 13.8 Å². The van der Waals surface area contributed by atoms with Gasteiger partial charge in [-0.2, -0.15) is 10.2 Å². The van der Waals surface area contributed by atoms with Gasteiger partial charge in [0.05, 0.1) is 12.0 Å². The van der Waals surface area contributed by atoms with Gasteiger partial charge in [0.15, 0.2) is 0 Å². The fraction of sp³-hybridized carbons (Fsp3) is 0.214. The van der Waals surface area contributed by atoms with Crippen molar-refractivity contribution in [3.8, 4) is 0 Å². The molecule has 0 unspecified atom stereocenters. The van der Waals surface area contributed by atoms with Crippen molar-refractivity contribution < 1.29 is 9.21 Å². The lowest BCUT2D eigenvalue weighted by Crippen LogP contribution is -2.24. The van der Waals surface area contributed by atoms with E-state index < -0.39 is 0 Å². The first-order chi connectivity index (χ1) is 9.65. The topological polar surface area (TPSA) is 72.4 Å². The van der Waals surface area contributed by atoms with Gasteiger partial charge in [-0.15, -0.1) is 0 Å². The predicted octanol–water partition coefficient (Wildman–Crippen LogP) is 1.91. The van der Waals surface area contributed by atoms with Crippen LogP contribution in [0.2, 0.25) is 0 Å². The highest BCUT2D eigenvalue weighted by Gasteiger charge is 2.05. The first-order valence-electron chi connectivity index (χ1n) is 6.18. The maximum absolute atomic E-state index is 11.6. The van der Waals surface area contributed by atoms with Gasteiger partial charge in [0.25, 0.3) is 5.91 Å². The molecule has 0 aliphatic rings. The van der Waals surface area contributed by atoms with E-state index in [-0.39, 0.29) is 12.5 Å². The molecule has 2 heterocycles. The third-order valence-electron chi connectivity index (χ3n) is 2.55. The Labute approximate surface area is 116 Å². The molecule has 0 aliphatic carbocycles. The van der Waals surface area contributed by atoms with Crippen LogP contribution in [0.25, 0.3) is 6.08 Å². The first-order valence-corrected chi connectivity index (χ1v) is 6.18. The first kappa shape index (κ1) is 13.8. The Hall–Kier alpha value is -2.63. The molecular formula is C14H16N4O2. The van der Waals surface area contributed by atoms with E-state index >= 15 is 0 Å². The van der Waals surface area contributed by atoms with E-state index in [0.29, 0.717) is 0 Å². The Morgan fingerprint density at radius 2 is 2.40 bits per heavy atom. The van der Waals surface area contributed by atoms with Gasteiger partial charge in [-0.1, -0.05) is 0 Å². The fourth-order valence-electron chi connectivity index (χ4n) is 1.68. The molecule has 1 N–H and O–H groups in total. The second-order valence-electron chi connectivity index (χ2n) is 4.27. The molecule has 0 aromatic carbocycles. The molecule has 0 saturated heterocycles. The van der Waals surface area contributed by atoms with Crippen LogP contribution in [0.4, 0.5) is 0 Å². The number of aryl methyl sites for hydroxylation is 2. The summed E-state index contributed by atoms with van der Waals surface area (Å²) in [5.74, 6) is 0.504. The van der Waals surface area contributed by atoms with Gasteiger partial charge in [0.2, 0.25) is 0 Å². The van der Waals surface area contributed by atoms with E-state index in [1.807, 2.05) is 26.0 Å². The molecule has 2 rings (SSSR count). The zero-order valence-electron chi connectivity index (χ0n) is 11.4. The summed E-state index contributed by atoms with van der Waals surface area (Å²) in [5, 5.41) is 8.02. The molecule has 0 saturated carbocycles. The number of furan rings is 1. The number of nitrogens with zero attached hydrogens (tertiary/aromatic N) is 3. The van der Waals surface area contributed by atoms with Crippen molar-refractivity contribution in [2.24, 2.45) is 5.10 Å². The number of aromatic nitrogens is 2. The molecule has 6 heteroatoms. The molecular weight excluding hydrogens is 256 g/mol. The number of carbonyl (C=O) groups excluding carboxylic acids is 1. The molecule has 0 radical (unpaired) electrons. The van der Waals surface area contributed by atoms with E-state index in [1.54, 1.807) is 29.2 Å². The number of rotatable bonds is 5. The van der Waals surface area contributed by atoms with Gasteiger partial charge in [-0.25, -0.2) is 5.43 Å². The van der Waals surface area contributed by atoms with Crippen molar-refractivity contribution in [2.45, 2.75) is 20.4 Å². The SMILES string of the molecule is Cc1cc(C)n(CC(=O)N/N=C/C=C/c2ccco2)n1. The van der Waals surface area contributed by atoms with E-state index in [1.165, 1.54) is 6.21 Å². The zero-order chi connectivity index (χ0) is 14.4. The lowest BCUT2D eigenvalue weighted by atomic mass is 10.4. The normalized spacial score (nSPS) is 11.5. The number of hydrogen-bond donors (Lipinski definition) is 1. The number of hydrogen-bond acceptors (Lipinski definition) is 4. The molecule has 0 aliphatic heterocycles. The number of allylic oxidation sites excluding steroid dienone is 1. The van der Waals surface area contributed by atoms with Crippen molar-refractivity contribution in [3.05, 3.63) is 47.7 Å². The summed E-state index contributed by atoms with van der Waals surface area (Å²) < 4.78 is 6.75. The van der Waals surface area contributed by atoms with Gasteiger partial charge >= 0.3 is 0 Å². The van der Waals surface area contributed by atoms with Crippen LogP contribution in [-0.2, 0) is 11.3 Å². The Kier molecular flexibility index (Phi) is 4.49. The highest BCUT2D eigenvalue weighted by atomic mass is 16.3. The van der Waals surface area contributed by atoms with Gasteiger partial charge in [0, 0.05) is 11.9 Å². The summed E-state index contributed by atoms with van der Waals surface area (Å²) >= 11 is 0. The minimum Gasteiger partial charge on any atom is -0.465 e. The van der Waals surface area contributed by atoms with Crippen LogP contribution in [-0.4, -0.2) is 21.9 Å². The van der Waals surface area contributed by atoms with Crippen LogP contribution in [0.3, 0.4) is 0 Å². The number of carbonyl (C=O) groups is 1. The minimum atomic E-state index is -0.223. The van der Waals surface area contributed by atoms with Crippen molar-refractivity contribution >= 4 is 18.2 Å². The molecule has 1 amide bonds. The summed E-state index contributed by atoms with van der Waals surface area (Å²) in [6, 6.07) is 5.54. The summed E-state index contributed by atoms with van der Waals surface area (Å²) in [6.07, 6.45) is 6.51. The third-order valence-corrected chi connectivity index (χ3v) is 2.55. The van der Waals surface area contributed by atoms with Crippen LogP contribution < -0.4 is 5.43 Å². The second kappa shape index (κ2) is 6.51. The van der Waals surface area contributed by atoms with Crippen molar-refractivity contribution in [2.75, 3.05) is 0 Å².